The number of ether oxygens (including phenoxy) is 4. The standard InChI is InChI=1S/C21H25NO8S/c1-5-31-21-16(22-19(25)13-8-6-7-9-14(13)20(22)26)18(27-4)17(29-12(3)24)15(30-21)10-28-11(2)23/h6-9,15-18,21H,5,10H2,1-4H3/t15?,16-,17+,18+,21?/m0/s1. The molecule has 2 heterocycles. The van der Waals surface area contributed by atoms with Crippen molar-refractivity contribution in [3.8, 4) is 0 Å². The largest absolute Gasteiger partial charge is 0.463 e. The van der Waals surface area contributed by atoms with E-state index in [0.29, 0.717) is 16.9 Å². The van der Waals surface area contributed by atoms with E-state index in [0.717, 1.165) is 4.90 Å². The lowest BCUT2D eigenvalue weighted by Crippen LogP contribution is -2.66. The van der Waals surface area contributed by atoms with Gasteiger partial charge in [-0.3, -0.25) is 24.1 Å². The van der Waals surface area contributed by atoms with E-state index in [1.54, 1.807) is 24.3 Å². The first kappa shape index (κ1) is 23.2. The fraction of sp³-hybridized carbons (Fsp3) is 0.524. The first-order chi connectivity index (χ1) is 14.8. The molecule has 2 unspecified atom stereocenters. The van der Waals surface area contributed by atoms with Crippen LogP contribution in [0.5, 0.6) is 0 Å². The third-order valence-corrected chi connectivity index (χ3v) is 6.15. The highest BCUT2D eigenvalue weighted by molar-refractivity contribution is 7.99. The van der Waals surface area contributed by atoms with Gasteiger partial charge in [0.15, 0.2) is 6.10 Å². The molecular weight excluding hydrogens is 426 g/mol. The zero-order valence-electron chi connectivity index (χ0n) is 17.7. The highest BCUT2D eigenvalue weighted by Gasteiger charge is 2.55. The molecule has 2 amide bonds. The van der Waals surface area contributed by atoms with Gasteiger partial charge in [0.05, 0.1) is 11.1 Å². The average Bonchev–Trinajstić information content (AvgIpc) is 2.97. The van der Waals surface area contributed by atoms with Crippen LogP contribution in [0.15, 0.2) is 24.3 Å². The zero-order chi connectivity index (χ0) is 22.7. The van der Waals surface area contributed by atoms with E-state index in [2.05, 4.69) is 0 Å². The highest BCUT2D eigenvalue weighted by Crippen LogP contribution is 2.38. The molecule has 0 saturated carbocycles. The Morgan fingerprint density at radius 2 is 1.68 bits per heavy atom. The number of rotatable bonds is 7. The van der Waals surface area contributed by atoms with E-state index in [1.807, 2.05) is 6.92 Å². The lowest BCUT2D eigenvalue weighted by molar-refractivity contribution is -0.211. The molecule has 0 radical (unpaired) electrons. The van der Waals surface area contributed by atoms with Crippen molar-refractivity contribution in [3.05, 3.63) is 35.4 Å². The Kier molecular flexibility index (Phi) is 7.34. The lowest BCUT2D eigenvalue weighted by atomic mass is 9.96. The smallest absolute Gasteiger partial charge is 0.303 e. The van der Waals surface area contributed by atoms with Gasteiger partial charge in [-0.25, -0.2) is 0 Å². The number of methoxy groups -OCH3 is 1. The Hall–Kier alpha value is -2.43. The fourth-order valence-corrected chi connectivity index (χ4v) is 4.91. The van der Waals surface area contributed by atoms with Crippen LogP contribution in [0.4, 0.5) is 0 Å². The summed E-state index contributed by atoms with van der Waals surface area (Å²) in [5.74, 6) is -1.40. The van der Waals surface area contributed by atoms with Crippen LogP contribution in [0.25, 0.3) is 0 Å². The van der Waals surface area contributed by atoms with Crippen LogP contribution in [0.3, 0.4) is 0 Å². The normalized spacial score (nSPS) is 27.7. The van der Waals surface area contributed by atoms with Crippen molar-refractivity contribution in [1.29, 1.82) is 0 Å². The van der Waals surface area contributed by atoms with Gasteiger partial charge in [0.25, 0.3) is 11.8 Å². The van der Waals surface area contributed by atoms with Gasteiger partial charge in [-0.2, -0.15) is 0 Å². The molecule has 9 nitrogen and oxygen atoms in total. The van der Waals surface area contributed by atoms with Crippen LogP contribution < -0.4 is 0 Å². The summed E-state index contributed by atoms with van der Waals surface area (Å²) in [6.45, 7) is 4.24. The summed E-state index contributed by atoms with van der Waals surface area (Å²) in [5, 5.41) is 0. The number of thioether (sulfide) groups is 1. The van der Waals surface area contributed by atoms with Crippen molar-refractivity contribution in [2.24, 2.45) is 0 Å². The van der Waals surface area contributed by atoms with E-state index in [4.69, 9.17) is 18.9 Å². The summed E-state index contributed by atoms with van der Waals surface area (Å²) < 4.78 is 22.4. The summed E-state index contributed by atoms with van der Waals surface area (Å²) in [6, 6.07) is 5.70. The molecular formula is C21H25NO8S. The van der Waals surface area contributed by atoms with Gasteiger partial charge < -0.3 is 18.9 Å². The average molecular weight is 451 g/mol. The van der Waals surface area contributed by atoms with E-state index < -0.39 is 53.5 Å². The molecule has 3 rings (SSSR count). The second kappa shape index (κ2) is 9.80. The maximum Gasteiger partial charge on any atom is 0.303 e. The zero-order valence-corrected chi connectivity index (χ0v) is 18.5. The Bertz CT molecular complexity index is 840. The Morgan fingerprint density at radius 1 is 1.06 bits per heavy atom. The molecule has 1 aromatic carbocycles. The minimum atomic E-state index is -0.995. The van der Waals surface area contributed by atoms with Crippen molar-refractivity contribution < 1.29 is 38.1 Å². The number of benzene rings is 1. The maximum absolute atomic E-state index is 13.2. The summed E-state index contributed by atoms with van der Waals surface area (Å²) in [4.78, 5) is 50.6. The van der Waals surface area contributed by atoms with Gasteiger partial charge in [-0.15, -0.1) is 11.8 Å². The van der Waals surface area contributed by atoms with Gasteiger partial charge in [-0.1, -0.05) is 19.1 Å². The molecule has 2 aliphatic rings. The molecule has 1 saturated heterocycles. The SMILES string of the molecule is CCSC1OC(COC(C)=O)[C@@H](OC(C)=O)[C@H](OC)[C@@H]1N1C(=O)c2ccccc2C1=O. The Labute approximate surface area is 184 Å². The number of amides is 2. The topological polar surface area (TPSA) is 108 Å². The van der Waals surface area contributed by atoms with E-state index in [9.17, 15) is 19.2 Å². The number of nitrogens with zero attached hydrogens (tertiary/aromatic N) is 1. The van der Waals surface area contributed by atoms with E-state index in [-0.39, 0.29) is 6.61 Å². The fourth-order valence-electron chi connectivity index (χ4n) is 3.88. The monoisotopic (exact) mass is 451 g/mol. The molecule has 31 heavy (non-hydrogen) atoms. The highest BCUT2D eigenvalue weighted by atomic mass is 32.2. The number of carbonyl (C=O) groups is 4. The van der Waals surface area contributed by atoms with E-state index in [1.165, 1.54) is 32.7 Å². The Morgan fingerprint density at radius 3 is 2.16 bits per heavy atom. The molecule has 2 aliphatic heterocycles. The summed E-state index contributed by atoms with van der Waals surface area (Å²) in [6.07, 6.45) is -2.71. The molecule has 168 valence electrons. The third kappa shape index (κ3) is 4.60. The van der Waals surface area contributed by atoms with E-state index >= 15 is 0 Å². The van der Waals surface area contributed by atoms with Gasteiger partial charge in [-0.05, 0) is 17.9 Å². The quantitative estimate of drug-likeness (QED) is 0.451. The molecule has 0 N–H and O–H groups in total. The van der Waals surface area contributed by atoms with Gasteiger partial charge in [0, 0.05) is 21.0 Å². The summed E-state index contributed by atoms with van der Waals surface area (Å²) in [7, 11) is 1.41. The molecule has 10 heteroatoms. The molecule has 0 aliphatic carbocycles. The minimum absolute atomic E-state index is 0.164. The van der Waals surface area contributed by atoms with Crippen LogP contribution in [0.2, 0.25) is 0 Å². The first-order valence-electron chi connectivity index (χ1n) is 9.87. The third-order valence-electron chi connectivity index (χ3n) is 5.09. The van der Waals surface area contributed by atoms with Crippen molar-refractivity contribution in [3.63, 3.8) is 0 Å². The van der Waals surface area contributed by atoms with Crippen LogP contribution >= 0.6 is 11.8 Å². The number of hydrogen-bond donors (Lipinski definition) is 0. The molecule has 0 spiro atoms. The van der Waals surface area contributed by atoms with Crippen LogP contribution in [0, 0.1) is 0 Å². The number of esters is 2. The molecule has 0 bridgehead atoms. The second-order valence-electron chi connectivity index (χ2n) is 7.09. The second-order valence-corrected chi connectivity index (χ2v) is 8.47. The van der Waals surface area contributed by atoms with Crippen molar-refractivity contribution >= 4 is 35.5 Å². The molecule has 0 aromatic heterocycles. The predicted molar refractivity (Wildman–Crippen MR) is 111 cm³/mol. The van der Waals surface area contributed by atoms with Gasteiger partial charge in [0.2, 0.25) is 0 Å². The lowest BCUT2D eigenvalue weighted by Gasteiger charge is -2.47. The number of carbonyl (C=O) groups excluding carboxylic acids is 4. The van der Waals surface area contributed by atoms with Crippen LogP contribution in [0.1, 0.15) is 41.5 Å². The summed E-state index contributed by atoms with van der Waals surface area (Å²) >= 11 is 1.38. The van der Waals surface area contributed by atoms with Crippen molar-refractivity contribution in [2.75, 3.05) is 19.5 Å². The Balaban J connectivity index is 2.01. The van der Waals surface area contributed by atoms with Gasteiger partial charge in [0.1, 0.15) is 30.3 Å². The summed E-state index contributed by atoms with van der Waals surface area (Å²) in [5.41, 5.74) is -0.0770. The van der Waals surface area contributed by atoms with Crippen LogP contribution in [-0.4, -0.2) is 77.9 Å². The van der Waals surface area contributed by atoms with Crippen molar-refractivity contribution in [2.45, 2.75) is 50.6 Å². The maximum atomic E-state index is 13.2. The first-order valence-corrected chi connectivity index (χ1v) is 10.9. The molecule has 1 fully saturated rings. The minimum Gasteiger partial charge on any atom is -0.463 e. The number of imide groups is 1. The van der Waals surface area contributed by atoms with Gasteiger partial charge >= 0.3 is 11.9 Å². The molecule has 5 atom stereocenters. The number of fused-ring (bicyclic) bond motifs is 1. The van der Waals surface area contributed by atoms with Crippen LogP contribution in [-0.2, 0) is 28.5 Å². The van der Waals surface area contributed by atoms with Crippen molar-refractivity contribution in [1.82, 2.24) is 4.90 Å². The molecule has 1 aromatic rings. The number of hydrogen-bond acceptors (Lipinski definition) is 9. The predicted octanol–water partition coefficient (Wildman–Crippen LogP) is 1.64.